The van der Waals surface area contributed by atoms with Crippen LogP contribution in [-0.4, -0.2) is 43.2 Å². The second-order valence-corrected chi connectivity index (χ2v) is 9.39. The Morgan fingerprint density at radius 1 is 1.14 bits per heavy atom. The van der Waals surface area contributed by atoms with Gasteiger partial charge in [0.15, 0.2) is 0 Å². The summed E-state index contributed by atoms with van der Waals surface area (Å²) in [4.78, 5) is 16.2. The van der Waals surface area contributed by atoms with Crippen LogP contribution in [0.25, 0.3) is 10.9 Å². The van der Waals surface area contributed by atoms with Gasteiger partial charge in [-0.05, 0) is 55.5 Å². The Balaban J connectivity index is 1.47. The molecule has 1 fully saturated rings. The van der Waals surface area contributed by atoms with E-state index in [1.54, 1.807) is 12.1 Å². The smallest absolute Gasteiger partial charge is 0.251 e. The zero-order valence-electron chi connectivity index (χ0n) is 16.4. The number of aromatic nitrogens is 1. The fourth-order valence-electron chi connectivity index (χ4n) is 3.83. The van der Waals surface area contributed by atoms with Gasteiger partial charge in [0.25, 0.3) is 5.91 Å². The third-order valence-corrected chi connectivity index (χ3v) is 7.41. The fraction of sp³-hybridized carbons (Fsp3) is 0.318. The van der Waals surface area contributed by atoms with E-state index in [1.807, 2.05) is 31.3 Å². The molecule has 1 aliphatic rings. The Labute approximate surface area is 171 Å². The van der Waals surface area contributed by atoms with Crippen LogP contribution in [-0.2, 0) is 16.4 Å². The Kier molecular flexibility index (Phi) is 5.43. The number of H-pyrrole nitrogens is 1. The minimum atomic E-state index is -3.54. The standard InChI is InChI=1S/C22H25N3O3S/c1-16-8-9-18(29(27,28)25-12-4-5-13-25)14-20(16)22(26)23-11-10-17-15-24-21-7-3-2-6-19(17)21/h2-3,6-9,14-15,24H,4-5,10-13H2,1H3,(H,23,26). The number of nitrogens with zero attached hydrogens (tertiary/aromatic N) is 1. The Morgan fingerprint density at radius 2 is 1.90 bits per heavy atom. The van der Waals surface area contributed by atoms with Crippen molar-refractivity contribution >= 4 is 26.8 Å². The zero-order chi connectivity index (χ0) is 20.4. The molecule has 1 aliphatic heterocycles. The molecule has 0 unspecified atom stereocenters. The number of carbonyl (C=O) groups excluding carboxylic acids is 1. The summed E-state index contributed by atoms with van der Waals surface area (Å²) in [6.45, 7) is 3.38. The predicted molar refractivity (Wildman–Crippen MR) is 114 cm³/mol. The molecule has 0 spiro atoms. The number of hydrogen-bond acceptors (Lipinski definition) is 3. The van der Waals surface area contributed by atoms with Crippen LogP contribution in [0.15, 0.2) is 53.6 Å². The molecule has 4 rings (SSSR count). The number of nitrogens with one attached hydrogen (secondary N) is 2. The maximum atomic E-state index is 12.8. The number of hydrogen-bond donors (Lipinski definition) is 2. The number of fused-ring (bicyclic) bond motifs is 1. The first-order valence-electron chi connectivity index (χ1n) is 9.91. The van der Waals surface area contributed by atoms with E-state index in [2.05, 4.69) is 16.4 Å². The third-order valence-electron chi connectivity index (χ3n) is 5.51. The van der Waals surface area contributed by atoms with E-state index in [0.29, 0.717) is 31.6 Å². The molecule has 0 radical (unpaired) electrons. The quantitative estimate of drug-likeness (QED) is 0.653. The minimum Gasteiger partial charge on any atom is -0.361 e. The summed E-state index contributed by atoms with van der Waals surface area (Å²) in [7, 11) is -3.54. The third kappa shape index (κ3) is 3.93. The fourth-order valence-corrected chi connectivity index (χ4v) is 5.37. The molecular weight excluding hydrogens is 386 g/mol. The molecule has 0 aliphatic carbocycles. The van der Waals surface area contributed by atoms with Crippen LogP contribution < -0.4 is 5.32 Å². The minimum absolute atomic E-state index is 0.187. The normalized spacial score (nSPS) is 15.1. The lowest BCUT2D eigenvalue weighted by atomic mass is 10.1. The molecule has 0 bridgehead atoms. The van der Waals surface area contributed by atoms with E-state index in [-0.39, 0.29) is 10.8 Å². The van der Waals surface area contributed by atoms with Gasteiger partial charge in [-0.15, -0.1) is 0 Å². The highest BCUT2D eigenvalue weighted by Gasteiger charge is 2.28. The molecule has 2 N–H and O–H groups in total. The number of para-hydroxylation sites is 1. The molecule has 3 aromatic rings. The second kappa shape index (κ2) is 8.00. The molecule has 0 saturated carbocycles. The van der Waals surface area contributed by atoms with Gasteiger partial charge in [0.1, 0.15) is 0 Å². The van der Waals surface area contributed by atoms with Crippen LogP contribution in [0.2, 0.25) is 0 Å². The largest absolute Gasteiger partial charge is 0.361 e. The van der Waals surface area contributed by atoms with Crippen molar-refractivity contribution < 1.29 is 13.2 Å². The molecular formula is C22H25N3O3S. The summed E-state index contributed by atoms with van der Waals surface area (Å²) in [5.41, 5.74) is 3.38. The van der Waals surface area contributed by atoms with Gasteiger partial charge in [-0.1, -0.05) is 24.3 Å². The average Bonchev–Trinajstić information content (AvgIpc) is 3.39. The SMILES string of the molecule is Cc1ccc(S(=O)(=O)N2CCCC2)cc1C(=O)NCCc1c[nH]c2ccccc12. The summed E-state index contributed by atoms with van der Waals surface area (Å²) in [5, 5.41) is 4.08. The van der Waals surface area contributed by atoms with Crippen molar-refractivity contribution in [3.8, 4) is 0 Å². The van der Waals surface area contributed by atoms with Crippen LogP contribution in [0.3, 0.4) is 0 Å². The highest BCUT2D eigenvalue weighted by Crippen LogP contribution is 2.23. The zero-order valence-corrected chi connectivity index (χ0v) is 17.3. The summed E-state index contributed by atoms with van der Waals surface area (Å²) < 4.78 is 27.1. The van der Waals surface area contributed by atoms with Gasteiger partial charge < -0.3 is 10.3 Å². The molecule has 0 atom stereocenters. The van der Waals surface area contributed by atoms with Crippen molar-refractivity contribution in [2.75, 3.05) is 19.6 Å². The van der Waals surface area contributed by atoms with Crippen molar-refractivity contribution in [2.24, 2.45) is 0 Å². The monoisotopic (exact) mass is 411 g/mol. The van der Waals surface area contributed by atoms with Gasteiger partial charge in [0.05, 0.1) is 4.90 Å². The molecule has 152 valence electrons. The van der Waals surface area contributed by atoms with Crippen LogP contribution >= 0.6 is 0 Å². The van der Waals surface area contributed by atoms with E-state index in [9.17, 15) is 13.2 Å². The van der Waals surface area contributed by atoms with E-state index in [4.69, 9.17) is 0 Å². The van der Waals surface area contributed by atoms with Crippen molar-refractivity contribution in [3.63, 3.8) is 0 Å². The number of sulfonamides is 1. The lowest BCUT2D eigenvalue weighted by Gasteiger charge is -2.17. The molecule has 2 aromatic carbocycles. The van der Waals surface area contributed by atoms with Crippen molar-refractivity contribution in [1.82, 2.24) is 14.6 Å². The van der Waals surface area contributed by atoms with Crippen LogP contribution in [0, 0.1) is 6.92 Å². The number of amides is 1. The number of carbonyl (C=O) groups is 1. The molecule has 6 nitrogen and oxygen atoms in total. The van der Waals surface area contributed by atoms with Crippen molar-refractivity contribution in [1.29, 1.82) is 0 Å². The highest BCUT2D eigenvalue weighted by molar-refractivity contribution is 7.89. The average molecular weight is 412 g/mol. The Bertz CT molecular complexity index is 1150. The summed E-state index contributed by atoms with van der Waals surface area (Å²) in [6.07, 6.45) is 4.42. The number of aryl methyl sites for hydroxylation is 1. The number of rotatable bonds is 6. The van der Waals surface area contributed by atoms with Gasteiger partial charge >= 0.3 is 0 Å². The van der Waals surface area contributed by atoms with Crippen LogP contribution in [0.4, 0.5) is 0 Å². The first-order chi connectivity index (χ1) is 14.0. The lowest BCUT2D eigenvalue weighted by molar-refractivity contribution is 0.0953. The van der Waals surface area contributed by atoms with Gasteiger partial charge in [-0.25, -0.2) is 8.42 Å². The molecule has 29 heavy (non-hydrogen) atoms. The molecule has 1 amide bonds. The van der Waals surface area contributed by atoms with Gasteiger partial charge in [0, 0.05) is 42.3 Å². The van der Waals surface area contributed by atoms with E-state index < -0.39 is 10.0 Å². The first-order valence-corrected chi connectivity index (χ1v) is 11.3. The Morgan fingerprint density at radius 3 is 2.69 bits per heavy atom. The maximum Gasteiger partial charge on any atom is 0.251 e. The van der Waals surface area contributed by atoms with Crippen LogP contribution in [0.5, 0.6) is 0 Å². The highest BCUT2D eigenvalue weighted by atomic mass is 32.2. The first kappa shape index (κ1) is 19.7. The molecule has 1 saturated heterocycles. The lowest BCUT2D eigenvalue weighted by Crippen LogP contribution is -2.29. The number of aromatic amines is 1. The van der Waals surface area contributed by atoms with Gasteiger partial charge in [-0.2, -0.15) is 4.31 Å². The predicted octanol–water partition coefficient (Wildman–Crippen LogP) is 3.23. The molecule has 2 heterocycles. The van der Waals surface area contributed by atoms with Gasteiger partial charge in [0.2, 0.25) is 10.0 Å². The van der Waals surface area contributed by atoms with E-state index in [1.165, 1.54) is 10.4 Å². The topological polar surface area (TPSA) is 82.3 Å². The van der Waals surface area contributed by atoms with E-state index >= 15 is 0 Å². The molecule has 1 aromatic heterocycles. The van der Waals surface area contributed by atoms with Crippen molar-refractivity contribution in [3.05, 3.63) is 65.4 Å². The Hall–Kier alpha value is -2.64. The van der Waals surface area contributed by atoms with Crippen LogP contribution in [0.1, 0.15) is 34.3 Å². The van der Waals surface area contributed by atoms with Gasteiger partial charge in [-0.3, -0.25) is 4.79 Å². The molecule has 7 heteroatoms. The number of benzene rings is 2. The summed E-state index contributed by atoms with van der Waals surface area (Å²) >= 11 is 0. The van der Waals surface area contributed by atoms with E-state index in [0.717, 1.165) is 34.9 Å². The van der Waals surface area contributed by atoms with Crippen molar-refractivity contribution in [2.45, 2.75) is 31.1 Å². The second-order valence-electron chi connectivity index (χ2n) is 7.45. The maximum absolute atomic E-state index is 12.8. The summed E-state index contributed by atoms with van der Waals surface area (Å²) in [5.74, 6) is -0.249. The summed E-state index contributed by atoms with van der Waals surface area (Å²) in [6, 6.07) is 12.9.